The second-order valence-corrected chi connectivity index (χ2v) is 9.26. The van der Waals surface area contributed by atoms with Crippen molar-refractivity contribution in [3.8, 4) is 5.69 Å². The predicted molar refractivity (Wildman–Crippen MR) is 129 cm³/mol. The Morgan fingerprint density at radius 1 is 1.10 bits per heavy atom. The smallest absolute Gasteiger partial charge is 0.276 e. The molecule has 0 radical (unpaired) electrons. The van der Waals surface area contributed by atoms with Gasteiger partial charge in [-0.05, 0) is 35.6 Å². The van der Waals surface area contributed by atoms with Crippen LogP contribution in [0.25, 0.3) is 15.9 Å². The first-order chi connectivity index (χ1) is 15.0. The molecule has 4 rings (SSSR count). The number of halogens is 2. The first-order valence-corrected chi connectivity index (χ1v) is 12.0. The zero-order valence-electron chi connectivity index (χ0n) is 16.2. The van der Waals surface area contributed by atoms with E-state index in [9.17, 15) is 9.59 Å². The Hall–Kier alpha value is -2.32. The molecule has 2 aromatic carbocycles. The molecule has 0 unspecified atom stereocenters. The van der Waals surface area contributed by atoms with Crippen molar-refractivity contribution in [2.24, 2.45) is 0 Å². The molecule has 1 amide bonds. The van der Waals surface area contributed by atoms with Gasteiger partial charge in [0, 0.05) is 6.54 Å². The van der Waals surface area contributed by atoms with Gasteiger partial charge in [0.1, 0.15) is 4.70 Å². The summed E-state index contributed by atoms with van der Waals surface area (Å²) in [6.45, 7) is 0.535. The minimum atomic E-state index is -0.240. The Labute approximate surface area is 197 Å². The zero-order chi connectivity index (χ0) is 21.8. The van der Waals surface area contributed by atoms with Crippen LogP contribution in [0.3, 0.4) is 0 Å². The van der Waals surface area contributed by atoms with Crippen molar-refractivity contribution in [3.63, 3.8) is 0 Å². The highest BCUT2D eigenvalue weighted by Gasteiger charge is 2.18. The van der Waals surface area contributed by atoms with E-state index in [1.54, 1.807) is 24.3 Å². The molecule has 0 saturated heterocycles. The fourth-order valence-electron chi connectivity index (χ4n) is 3.04. The lowest BCUT2D eigenvalue weighted by atomic mass is 10.1. The Kier molecular flexibility index (Phi) is 6.97. The molecule has 0 atom stereocenters. The van der Waals surface area contributed by atoms with Gasteiger partial charge in [-0.15, -0.1) is 11.3 Å². The Balaban J connectivity index is 1.55. The van der Waals surface area contributed by atoms with E-state index in [0.29, 0.717) is 32.6 Å². The van der Waals surface area contributed by atoms with Gasteiger partial charge in [0.25, 0.3) is 5.56 Å². The lowest BCUT2D eigenvalue weighted by Crippen LogP contribution is -2.28. The number of rotatable bonds is 7. The summed E-state index contributed by atoms with van der Waals surface area (Å²) in [4.78, 5) is 30.1. The number of aromatic nitrogens is 2. The quantitative estimate of drug-likeness (QED) is 0.286. The number of benzene rings is 2. The number of amides is 1. The van der Waals surface area contributed by atoms with Gasteiger partial charge in [-0.25, -0.2) is 4.98 Å². The molecule has 0 saturated carbocycles. The van der Waals surface area contributed by atoms with Crippen molar-refractivity contribution < 1.29 is 4.79 Å². The van der Waals surface area contributed by atoms with Crippen LogP contribution >= 0.6 is 46.3 Å². The number of thiophene rings is 1. The average Bonchev–Trinajstić information content (AvgIpc) is 3.25. The van der Waals surface area contributed by atoms with Crippen molar-refractivity contribution in [2.45, 2.75) is 11.6 Å². The highest BCUT2D eigenvalue weighted by atomic mass is 35.5. The van der Waals surface area contributed by atoms with Crippen LogP contribution in [0.5, 0.6) is 0 Å². The summed E-state index contributed by atoms with van der Waals surface area (Å²) in [5.74, 6) is -0.0148. The molecule has 0 aliphatic heterocycles. The Bertz CT molecular complexity index is 1290. The monoisotopic (exact) mass is 489 g/mol. The number of carbonyl (C=O) groups excluding carboxylic acids is 1. The summed E-state index contributed by atoms with van der Waals surface area (Å²) in [6.07, 6.45) is 0.749. The summed E-state index contributed by atoms with van der Waals surface area (Å²) in [6, 6.07) is 16.8. The molecule has 5 nitrogen and oxygen atoms in total. The third kappa shape index (κ3) is 4.96. The fraction of sp³-hybridized carbons (Fsp3) is 0.136. The summed E-state index contributed by atoms with van der Waals surface area (Å²) < 4.78 is 1.95. The van der Waals surface area contributed by atoms with Crippen LogP contribution < -0.4 is 10.9 Å². The van der Waals surface area contributed by atoms with E-state index in [2.05, 4.69) is 10.3 Å². The van der Waals surface area contributed by atoms with E-state index < -0.39 is 0 Å². The number of hydrogen-bond acceptors (Lipinski definition) is 5. The van der Waals surface area contributed by atoms with Gasteiger partial charge in [-0.2, -0.15) is 0 Å². The number of carbonyl (C=O) groups is 1. The van der Waals surface area contributed by atoms with Crippen molar-refractivity contribution in [3.05, 3.63) is 85.9 Å². The molecule has 4 aromatic rings. The molecule has 0 spiro atoms. The van der Waals surface area contributed by atoms with Crippen molar-refractivity contribution in [1.29, 1.82) is 0 Å². The van der Waals surface area contributed by atoms with Crippen LogP contribution in [-0.4, -0.2) is 27.8 Å². The van der Waals surface area contributed by atoms with Gasteiger partial charge in [-0.1, -0.05) is 71.4 Å². The third-order valence-electron chi connectivity index (χ3n) is 4.53. The van der Waals surface area contributed by atoms with Gasteiger partial charge in [-0.3, -0.25) is 14.2 Å². The number of nitrogens with one attached hydrogen (secondary N) is 1. The third-order valence-corrected chi connectivity index (χ3v) is 7.17. The SMILES string of the molecule is O=C(CSc1nc2ccsc2c(=O)n1-c1cccc(Cl)c1Cl)NCCc1ccccc1. The van der Waals surface area contributed by atoms with Crippen LogP contribution in [0, 0.1) is 0 Å². The van der Waals surface area contributed by atoms with Crippen LogP contribution in [0.15, 0.2) is 69.9 Å². The Morgan fingerprint density at radius 3 is 2.71 bits per heavy atom. The predicted octanol–water partition coefficient (Wildman–Crippen LogP) is 5.21. The zero-order valence-corrected chi connectivity index (χ0v) is 19.3. The van der Waals surface area contributed by atoms with Crippen molar-refractivity contribution >= 4 is 62.4 Å². The maximum Gasteiger partial charge on any atom is 0.276 e. The van der Waals surface area contributed by atoms with Crippen LogP contribution in [0.1, 0.15) is 5.56 Å². The van der Waals surface area contributed by atoms with E-state index in [1.165, 1.54) is 27.7 Å². The maximum absolute atomic E-state index is 13.2. The normalized spacial score (nSPS) is 11.0. The van der Waals surface area contributed by atoms with Crippen LogP contribution in [0.4, 0.5) is 0 Å². The highest BCUT2D eigenvalue weighted by Crippen LogP contribution is 2.31. The molecule has 0 fully saturated rings. The van der Waals surface area contributed by atoms with E-state index in [0.717, 1.165) is 12.0 Å². The molecule has 2 heterocycles. The fourth-order valence-corrected chi connectivity index (χ4v) is 5.01. The second-order valence-electron chi connectivity index (χ2n) is 6.62. The molecule has 9 heteroatoms. The first kappa shape index (κ1) is 21.9. The first-order valence-electron chi connectivity index (χ1n) is 9.42. The molecule has 31 heavy (non-hydrogen) atoms. The molecule has 1 N–H and O–H groups in total. The van der Waals surface area contributed by atoms with Crippen LogP contribution in [-0.2, 0) is 11.2 Å². The number of nitrogens with zero attached hydrogens (tertiary/aromatic N) is 2. The lowest BCUT2D eigenvalue weighted by molar-refractivity contribution is -0.118. The molecule has 0 aliphatic rings. The number of thioether (sulfide) groups is 1. The molecule has 2 aromatic heterocycles. The van der Waals surface area contributed by atoms with Gasteiger partial charge >= 0.3 is 0 Å². The number of hydrogen-bond donors (Lipinski definition) is 1. The van der Waals surface area contributed by atoms with E-state index in [1.807, 2.05) is 35.7 Å². The minimum Gasteiger partial charge on any atom is -0.355 e. The largest absolute Gasteiger partial charge is 0.355 e. The molecular weight excluding hydrogens is 473 g/mol. The maximum atomic E-state index is 13.2. The topological polar surface area (TPSA) is 64.0 Å². The second kappa shape index (κ2) is 9.87. The van der Waals surface area contributed by atoms with E-state index in [-0.39, 0.29) is 22.2 Å². The van der Waals surface area contributed by atoms with E-state index in [4.69, 9.17) is 23.2 Å². The molecule has 0 aliphatic carbocycles. The summed E-state index contributed by atoms with van der Waals surface area (Å²) >= 11 is 15.0. The molecular formula is C22H17Cl2N3O2S2. The summed E-state index contributed by atoms with van der Waals surface area (Å²) in [5, 5.41) is 5.71. The van der Waals surface area contributed by atoms with Gasteiger partial charge < -0.3 is 5.32 Å². The van der Waals surface area contributed by atoms with Gasteiger partial charge in [0.15, 0.2) is 5.16 Å². The average molecular weight is 490 g/mol. The van der Waals surface area contributed by atoms with Gasteiger partial charge in [0.05, 0.1) is 27.0 Å². The summed E-state index contributed by atoms with van der Waals surface area (Å²) in [5.41, 5.74) is 1.95. The highest BCUT2D eigenvalue weighted by molar-refractivity contribution is 7.99. The van der Waals surface area contributed by atoms with Crippen LogP contribution in [0.2, 0.25) is 10.0 Å². The summed E-state index contributed by atoms with van der Waals surface area (Å²) in [7, 11) is 0. The van der Waals surface area contributed by atoms with E-state index >= 15 is 0 Å². The van der Waals surface area contributed by atoms with Gasteiger partial charge in [0.2, 0.25) is 5.91 Å². The standard InChI is InChI=1S/C22H17Cl2N3O2S2/c23-15-7-4-8-17(19(15)24)27-21(29)20-16(10-12-30-20)26-22(27)31-13-18(28)25-11-9-14-5-2-1-3-6-14/h1-8,10,12H,9,11,13H2,(H,25,28). The Morgan fingerprint density at radius 2 is 1.90 bits per heavy atom. The minimum absolute atomic E-state index is 0.120. The van der Waals surface area contributed by atoms with Crippen molar-refractivity contribution in [2.75, 3.05) is 12.3 Å². The molecule has 0 bridgehead atoms. The van der Waals surface area contributed by atoms with Crippen molar-refractivity contribution in [1.82, 2.24) is 14.9 Å². The lowest BCUT2D eigenvalue weighted by Gasteiger charge is -2.14. The molecule has 158 valence electrons. The number of fused-ring (bicyclic) bond motifs is 1.